The molecule has 0 aliphatic carbocycles. The number of hydrogen-bond donors (Lipinski definition) is 3. The van der Waals surface area contributed by atoms with E-state index >= 15 is 0 Å². The standard InChI is InChI=1S/C16H24N2O5/c1-11(2)23-9-3-8-17-14(16(21)22)10-15(20)18-12-4-6-13(19)7-5-12/h4-7,11,14,17,19H,3,8-10H2,1-2H3,(H,18,20)(H,21,22)/t14-/m0/s1. The molecule has 0 aliphatic heterocycles. The van der Waals surface area contributed by atoms with E-state index in [4.69, 9.17) is 4.74 Å². The van der Waals surface area contributed by atoms with E-state index < -0.39 is 17.9 Å². The fraction of sp³-hybridized carbons (Fsp3) is 0.500. The molecule has 4 N–H and O–H groups in total. The summed E-state index contributed by atoms with van der Waals surface area (Å²) in [7, 11) is 0. The molecule has 1 aromatic carbocycles. The van der Waals surface area contributed by atoms with Crippen LogP contribution in [0, 0.1) is 0 Å². The van der Waals surface area contributed by atoms with E-state index in [2.05, 4.69) is 5.32 Å². The Morgan fingerprint density at radius 1 is 1.30 bits per heavy atom. The lowest BCUT2D eigenvalue weighted by Crippen LogP contribution is -2.93. The highest BCUT2D eigenvalue weighted by atomic mass is 16.5. The van der Waals surface area contributed by atoms with Crippen molar-refractivity contribution in [3.8, 4) is 5.75 Å². The van der Waals surface area contributed by atoms with Crippen molar-refractivity contribution in [2.24, 2.45) is 0 Å². The number of nitrogens with one attached hydrogen (secondary N) is 1. The molecule has 0 saturated carbocycles. The number of nitrogens with two attached hydrogens (primary N) is 1. The molecule has 0 fully saturated rings. The minimum atomic E-state index is -1.27. The van der Waals surface area contributed by atoms with Gasteiger partial charge in [-0.2, -0.15) is 0 Å². The highest BCUT2D eigenvalue weighted by Gasteiger charge is 2.18. The Kier molecular flexibility index (Phi) is 8.07. The van der Waals surface area contributed by atoms with Crippen LogP contribution < -0.4 is 15.7 Å². The molecule has 7 nitrogen and oxygen atoms in total. The number of hydrogen-bond acceptors (Lipinski definition) is 5. The number of phenols is 1. The minimum Gasteiger partial charge on any atom is -0.544 e. The second kappa shape index (κ2) is 9.81. The van der Waals surface area contributed by atoms with Crippen LogP contribution in [-0.4, -0.2) is 42.3 Å². The Labute approximate surface area is 135 Å². The number of carboxylic acids is 1. The van der Waals surface area contributed by atoms with Gasteiger partial charge in [-0.1, -0.05) is 0 Å². The Bertz CT molecular complexity index is 502. The third-order valence-electron chi connectivity index (χ3n) is 3.11. The highest BCUT2D eigenvalue weighted by Crippen LogP contribution is 2.13. The molecule has 0 bridgehead atoms. The van der Waals surface area contributed by atoms with Gasteiger partial charge in [0.15, 0.2) is 0 Å². The molecule has 1 aromatic rings. The van der Waals surface area contributed by atoms with Crippen molar-refractivity contribution in [2.75, 3.05) is 18.5 Å². The number of aliphatic carboxylic acids is 1. The lowest BCUT2D eigenvalue weighted by Gasteiger charge is -2.16. The van der Waals surface area contributed by atoms with Gasteiger partial charge >= 0.3 is 0 Å². The molecule has 1 rings (SSSR count). The van der Waals surface area contributed by atoms with Crippen LogP contribution in [0.15, 0.2) is 24.3 Å². The molecule has 23 heavy (non-hydrogen) atoms. The van der Waals surface area contributed by atoms with Gasteiger partial charge in [-0.25, -0.2) is 0 Å². The number of phenolic OH excluding ortho intramolecular Hbond substituents is 1. The van der Waals surface area contributed by atoms with E-state index in [1.54, 1.807) is 5.32 Å². The van der Waals surface area contributed by atoms with Gasteiger partial charge in [0, 0.05) is 12.1 Å². The zero-order chi connectivity index (χ0) is 17.2. The van der Waals surface area contributed by atoms with Crippen LogP contribution in [-0.2, 0) is 14.3 Å². The van der Waals surface area contributed by atoms with Gasteiger partial charge in [0.2, 0.25) is 5.91 Å². The molecule has 1 atom stereocenters. The van der Waals surface area contributed by atoms with E-state index in [-0.39, 0.29) is 18.3 Å². The first-order valence-corrected chi connectivity index (χ1v) is 7.63. The number of carboxylic acid groups (broad SMARTS) is 1. The van der Waals surface area contributed by atoms with Gasteiger partial charge < -0.3 is 30.4 Å². The summed E-state index contributed by atoms with van der Waals surface area (Å²) in [5.74, 6) is -1.59. The Morgan fingerprint density at radius 3 is 2.52 bits per heavy atom. The van der Waals surface area contributed by atoms with Gasteiger partial charge in [0.25, 0.3) is 0 Å². The van der Waals surface area contributed by atoms with Crippen LogP contribution in [0.3, 0.4) is 0 Å². The molecule has 0 aliphatic rings. The van der Waals surface area contributed by atoms with Gasteiger partial charge in [-0.05, 0) is 38.1 Å². The van der Waals surface area contributed by atoms with Crippen molar-refractivity contribution >= 4 is 17.6 Å². The third-order valence-corrected chi connectivity index (χ3v) is 3.11. The van der Waals surface area contributed by atoms with Crippen molar-refractivity contribution < 1.29 is 29.9 Å². The predicted octanol–water partition coefficient (Wildman–Crippen LogP) is -0.782. The maximum atomic E-state index is 11.9. The summed E-state index contributed by atoms with van der Waals surface area (Å²) in [6.07, 6.45) is 0.651. The van der Waals surface area contributed by atoms with Gasteiger partial charge in [-0.15, -0.1) is 0 Å². The van der Waals surface area contributed by atoms with E-state index in [9.17, 15) is 19.8 Å². The molecule has 0 aromatic heterocycles. The minimum absolute atomic E-state index is 0.0903. The van der Waals surface area contributed by atoms with E-state index in [1.807, 2.05) is 13.8 Å². The summed E-state index contributed by atoms with van der Waals surface area (Å²) in [5.41, 5.74) is 0.496. The first kappa shape index (κ1) is 18.9. The SMILES string of the molecule is CC(C)OCCC[NH2+][C@@H](CC(=O)Nc1ccc(O)cc1)C(=O)[O-]. The molecule has 0 saturated heterocycles. The average molecular weight is 324 g/mol. The average Bonchev–Trinajstić information content (AvgIpc) is 2.47. The lowest BCUT2D eigenvalue weighted by molar-refractivity contribution is -0.682. The maximum Gasteiger partial charge on any atom is 0.230 e. The maximum absolute atomic E-state index is 11.9. The van der Waals surface area contributed by atoms with Crippen LogP contribution in [0.5, 0.6) is 5.75 Å². The number of amides is 1. The summed E-state index contributed by atoms with van der Waals surface area (Å²) in [4.78, 5) is 23.0. The molecule has 0 heterocycles. The fourth-order valence-corrected chi connectivity index (χ4v) is 1.94. The first-order chi connectivity index (χ1) is 10.9. The van der Waals surface area contributed by atoms with Gasteiger partial charge in [0.05, 0.1) is 31.6 Å². The normalized spacial score (nSPS) is 12.1. The van der Waals surface area contributed by atoms with Crippen LogP contribution in [0.2, 0.25) is 0 Å². The number of carbonyl (C=O) groups excluding carboxylic acids is 2. The number of quaternary nitrogens is 1. The van der Waals surface area contributed by atoms with Crippen LogP contribution in [0.4, 0.5) is 5.69 Å². The molecule has 0 unspecified atom stereocenters. The summed E-state index contributed by atoms with van der Waals surface area (Å²) in [5, 5.41) is 24.5. The number of ether oxygens (including phenoxy) is 1. The predicted molar refractivity (Wildman–Crippen MR) is 82.6 cm³/mol. The smallest absolute Gasteiger partial charge is 0.230 e. The number of anilines is 1. The molecule has 128 valence electrons. The molecule has 7 heteroatoms. The second-order valence-electron chi connectivity index (χ2n) is 5.52. The lowest BCUT2D eigenvalue weighted by atomic mass is 10.2. The van der Waals surface area contributed by atoms with Crippen LogP contribution >= 0.6 is 0 Å². The first-order valence-electron chi connectivity index (χ1n) is 7.63. The summed E-state index contributed by atoms with van der Waals surface area (Å²) in [6, 6.07) is 5.01. The number of carbonyl (C=O) groups is 2. The Morgan fingerprint density at radius 2 is 1.96 bits per heavy atom. The fourth-order valence-electron chi connectivity index (χ4n) is 1.94. The van der Waals surface area contributed by atoms with Crippen molar-refractivity contribution in [3.63, 3.8) is 0 Å². The van der Waals surface area contributed by atoms with Crippen molar-refractivity contribution in [3.05, 3.63) is 24.3 Å². The van der Waals surface area contributed by atoms with Gasteiger partial charge in [0.1, 0.15) is 11.8 Å². The number of benzene rings is 1. The third kappa shape index (κ3) is 8.18. The van der Waals surface area contributed by atoms with Gasteiger partial charge in [-0.3, -0.25) is 4.79 Å². The zero-order valence-electron chi connectivity index (χ0n) is 13.5. The summed E-state index contributed by atoms with van der Waals surface area (Å²) >= 11 is 0. The van der Waals surface area contributed by atoms with Crippen molar-refractivity contribution in [1.82, 2.24) is 0 Å². The van der Waals surface area contributed by atoms with Crippen molar-refractivity contribution in [1.29, 1.82) is 0 Å². The largest absolute Gasteiger partial charge is 0.544 e. The topological polar surface area (TPSA) is 115 Å². The van der Waals surface area contributed by atoms with Crippen LogP contribution in [0.1, 0.15) is 26.7 Å². The Balaban J connectivity index is 2.37. The molecular formula is C16H24N2O5. The zero-order valence-corrected chi connectivity index (χ0v) is 13.5. The Hall–Kier alpha value is -2.12. The summed E-state index contributed by atoms with van der Waals surface area (Å²) in [6.45, 7) is 4.95. The quantitative estimate of drug-likeness (QED) is 0.386. The van der Waals surface area contributed by atoms with E-state index in [1.165, 1.54) is 24.3 Å². The van der Waals surface area contributed by atoms with Crippen molar-refractivity contribution in [2.45, 2.75) is 38.8 Å². The molecule has 1 amide bonds. The monoisotopic (exact) mass is 324 g/mol. The number of rotatable bonds is 10. The second-order valence-corrected chi connectivity index (χ2v) is 5.52. The molecular weight excluding hydrogens is 300 g/mol. The highest BCUT2D eigenvalue weighted by molar-refractivity contribution is 5.93. The molecule has 0 spiro atoms. The summed E-state index contributed by atoms with van der Waals surface area (Å²) < 4.78 is 5.37. The number of aromatic hydroxyl groups is 1. The van der Waals surface area contributed by atoms with E-state index in [0.29, 0.717) is 25.3 Å². The van der Waals surface area contributed by atoms with Crippen LogP contribution in [0.25, 0.3) is 0 Å². The molecule has 0 radical (unpaired) electrons. The van der Waals surface area contributed by atoms with E-state index in [0.717, 1.165) is 0 Å².